The van der Waals surface area contributed by atoms with E-state index in [1.807, 2.05) is 48.5 Å². The summed E-state index contributed by atoms with van der Waals surface area (Å²) in [7, 11) is -3.82. The van der Waals surface area contributed by atoms with Gasteiger partial charge in [0.05, 0.1) is 11.9 Å². The maximum absolute atomic E-state index is 12.1. The molecule has 1 heterocycles. The fourth-order valence-electron chi connectivity index (χ4n) is 2.62. The van der Waals surface area contributed by atoms with E-state index in [9.17, 15) is 13.2 Å². The molecule has 25 heavy (non-hydrogen) atoms. The molecule has 0 saturated heterocycles. The molecular formula is C19H17NO4S. The second kappa shape index (κ2) is 6.57. The van der Waals surface area contributed by atoms with Crippen molar-refractivity contribution in [2.24, 2.45) is 0 Å². The van der Waals surface area contributed by atoms with Crippen molar-refractivity contribution >= 4 is 33.0 Å². The molecule has 0 aliphatic heterocycles. The van der Waals surface area contributed by atoms with Crippen LogP contribution < -0.4 is 9.84 Å². The number of benzene rings is 2. The molecular weight excluding hydrogens is 338 g/mol. The molecule has 6 heteroatoms. The molecule has 0 amide bonds. The first-order valence-electron chi connectivity index (χ1n) is 7.63. The smallest absolute Gasteiger partial charge is 0.284 e. The van der Waals surface area contributed by atoms with Crippen LogP contribution in [0, 0.1) is 6.92 Å². The summed E-state index contributed by atoms with van der Waals surface area (Å²) in [5, 5.41) is 2.16. The Balaban J connectivity index is 2.10. The fraction of sp³-hybridized carbons (Fsp3) is 0.105. The lowest BCUT2D eigenvalue weighted by Crippen LogP contribution is -2.31. The average molecular weight is 355 g/mol. The minimum Gasteiger partial charge on any atom is -0.284 e. The Kier molecular flexibility index (Phi) is 4.46. The van der Waals surface area contributed by atoms with Crippen LogP contribution in [0.15, 0.2) is 59.4 Å². The molecule has 1 aromatic heterocycles. The lowest BCUT2D eigenvalue weighted by molar-refractivity contribution is 0.267. The third-order valence-corrected chi connectivity index (χ3v) is 4.05. The summed E-state index contributed by atoms with van der Waals surface area (Å²) in [6.45, 7) is 1.77. The van der Waals surface area contributed by atoms with Crippen LogP contribution in [-0.2, 0) is 10.1 Å². The summed E-state index contributed by atoms with van der Waals surface area (Å²) in [4.78, 5) is 12.1. The molecule has 128 valence electrons. The molecule has 0 N–H and O–H groups in total. The Labute approximate surface area is 145 Å². The Hall–Kier alpha value is -2.86. The van der Waals surface area contributed by atoms with Crippen molar-refractivity contribution in [3.05, 3.63) is 81.8 Å². The summed E-state index contributed by atoms with van der Waals surface area (Å²) in [6, 6.07) is 16.9. The van der Waals surface area contributed by atoms with Crippen LogP contribution in [0.1, 0.15) is 16.8 Å². The molecule has 5 nitrogen and oxygen atoms in total. The van der Waals surface area contributed by atoms with Crippen molar-refractivity contribution in [1.82, 2.24) is 4.73 Å². The Morgan fingerprint density at radius 3 is 2.48 bits per heavy atom. The van der Waals surface area contributed by atoms with Crippen LogP contribution in [0.2, 0.25) is 0 Å². The summed E-state index contributed by atoms with van der Waals surface area (Å²) < 4.78 is 28.5. The van der Waals surface area contributed by atoms with Crippen LogP contribution in [0.3, 0.4) is 0 Å². The highest BCUT2D eigenvalue weighted by molar-refractivity contribution is 7.86. The van der Waals surface area contributed by atoms with Gasteiger partial charge in [0.1, 0.15) is 0 Å². The summed E-state index contributed by atoms with van der Waals surface area (Å²) in [5.74, 6) is 0. The molecule has 0 saturated carbocycles. The Morgan fingerprint density at radius 1 is 1.00 bits per heavy atom. The Bertz CT molecular complexity index is 1120. The van der Waals surface area contributed by atoms with Crippen molar-refractivity contribution in [2.45, 2.75) is 6.92 Å². The Morgan fingerprint density at radius 2 is 1.72 bits per heavy atom. The first kappa shape index (κ1) is 17.0. The normalized spacial score (nSPS) is 11.9. The zero-order valence-electron chi connectivity index (χ0n) is 13.8. The molecule has 0 radical (unpaired) electrons. The molecule has 0 unspecified atom stereocenters. The maximum Gasteiger partial charge on any atom is 0.324 e. The predicted molar refractivity (Wildman–Crippen MR) is 99.7 cm³/mol. The topological polar surface area (TPSA) is 65.4 Å². The molecule has 0 fully saturated rings. The quantitative estimate of drug-likeness (QED) is 0.722. The van der Waals surface area contributed by atoms with E-state index in [0.29, 0.717) is 5.69 Å². The van der Waals surface area contributed by atoms with Gasteiger partial charge in [-0.15, -0.1) is 4.73 Å². The minimum atomic E-state index is -3.82. The van der Waals surface area contributed by atoms with Crippen LogP contribution in [-0.4, -0.2) is 19.4 Å². The number of hydrogen-bond acceptors (Lipinski definition) is 4. The van der Waals surface area contributed by atoms with Gasteiger partial charge in [-0.05, 0) is 41.0 Å². The standard InChI is InChI=1S/C19H17NO4S/c1-14-12-17(20(19(21)13-14)24-25(2,22)23)11-10-16-8-5-7-15-6-3-4-9-18(15)16/h3-13H,1-2H3. The fourth-order valence-corrected chi connectivity index (χ4v) is 3.05. The number of pyridine rings is 1. The molecule has 3 aromatic rings. The molecule has 0 aliphatic carbocycles. The van der Waals surface area contributed by atoms with Gasteiger partial charge < -0.3 is 0 Å². The van der Waals surface area contributed by atoms with Crippen LogP contribution in [0.4, 0.5) is 0 Å². The molecule has 2 aromatic carbocycles. The number of fused-ring (bicyclic) bond motifs is 1. The monoisotopic (exact) mass is 355 g/mol. The largest absolute Gasteiger partial charge is 0.324 e. The second-order valence-corrected chi connectivity index (χ2v) is 7.33. The zero-order chi connectivity index (χ0) is 18.0. The average Bonchev–Trinajstić information content (AvgIpc) is 2.54. The molecule has 0 spiro atoms. The van der Waals surface area contributed by atoms with Gasteiger partial charge in [0.15, 0.2) is 0 Å². The highest BCUT2D eigenvalue weighted by atomic mass is 32.2. The molecule has 0 bridgehead atoms. The third kappa shape index (κ3) is 3.97. The van der Waals surface area contributed by atoms with E-state index in [4.69, 9.17) is 4.28 Å². The number of aromatic nitrogens is 1. The van der Waals surface area contributed by atoms with E-state index in [2.05, 4.69) is 0 Å². The number of aryl methyl sites for hydroxylation is 1. The SMILES string of the molecule is Cc1cc(C=Cc2cccc3ccccc23)n(OS(C)(=O)=O)c(=O)c1. The van der Waals surface area contributed by atoms with E-state index in [1.165, 1.54) is 6.07 Å². The number of nitrogens with zero attached hydrogens (tertiary/aromatic N) is 1. The summed E-state index contributed by atoms with van der Waals surface area (Å²) in [6.07, 6.45) is 4.40. The van der Waals surface area contributed by atoms with Crippen molar-refractivity contribution < 1.29 is 12.7 Å². The highest BCUT2D eigenvalue weighted by Gasteiger charge is 2.10. The van der Waals surface area contributed by atoms with E-state index < -0.39 is 15.7 Å². The summed E-state index contributed by atoms with van der Waals surface area (Å²) >= 11 is 0. The van der Waals surface area contributed by atoms with Gasteiger partial charge >= 0.3 is 10.1 Å². The van der Waals surface area contributed by atoms with Crippen LogP contribution >= 0.6 is 0 Å². The second-order valence-electron chi connectivity index (χ2n) is 5.77. The number of rotatable bonds is 4. The third-order valence-electron chi connectivity index (χ3n) is 3.63. The molecule has 0 atom stereocenters. The van der Waals surface area contributed by atoms with E-state index in [-0.39, 0.29) is 0 Å². The van der Waals surface area contributed by atoms with E-state index in [0.717, 1.165) is 32.9 Å². The van der Waals surface area contributed by atoms with Crippen LogP contribution in [0.25, 0.3) is 22.9 Å². The first-order chi connectivity index (χ1) is 11.8. The maximum atomic E-state index is 12.1. The van der Waals surface area contributed by atoms with E-state index >= 15 is 0 Å². The van der Waals surface area contributed by atoms with Crippen molar-refractivity contribution in [1.29, 1.82) is 0 Å². The molecule has 3 rings (SSSR count). The lowest BCUT2D eigenvalue weighted by Gasteiger charge is -2.10. The first-order valence-corrected chi connectivity index (χ1v) is 9.45. The van der Waals surface area contributed by atoms with Gasteiger partial charge in [0, 0.05) is 6.07 Å². The van der Waals surface area contributed by atoms with Gasteiger partial charge in [0.2, 0.25) is 0 Å². The number of hydrogen-bond donors (Lipinski definition) is 0. The predicted octanol–water partition coefficient (Wildman–Crippen LogP) is 2.87. The van der Waals surface area contributed by atoms with Crippen molar-refractivity contribution in [2.75, 3.05) is 6.26 Å². The highest BCUT2D eigenvalue weighted by Crippen LogP contribution is 2.20. The lowest BCUT2D eigenvalue weighted by atomic mass is 10.0. The van der Waals surface area contributed by atoms with Gasteiger partial charge in [-0.2, -0.15) is 8.42 Å². The van der Waals surface area contributed by atoms with Gasteiger partial charge in [-0.3, -0.25) is 9.08 Å². The van der Waals surface area contributed by atoms with Gasteiger partial charge in [-0.1, -0.05) is 48.5 Å². The van der Waals surface area contributed by atoms with Gasteiger partial charge in [0.25, 0.3) is 5.56 Å². The zero-order valence-corrected chi connectivity index (χ0v) is 14.7. The van der Waals surface area contributed by atoms with Crippen molar-refractivity contribution in [3.63, 3.8) is 0 Å². The van der Waals surface area contributed by atoms with Crippen LogP contribution in [0.5, 0.6) is 0 Å². The minimum absolute atomic E-state index is 0.350. The van der Waals surface area contributed by atoms with E-state index in [1.54, 1.807) is 19.1 Å². The van der Waals surface area contributed by atoms with Crippen molar-refractivity contribution in [3.8, 4) is 0 Å². The molecule has 0 aliphatic rings. The summed E-state index contributed by atoms with van der Waals surface area (Å²) in [5.41, 5.74) is 1.49. The van der Waals surface area contributed by atoms with Gasteiger partial charge in [-0.25, -0.2) is 0 Å².